The summed E-state index contributed by atoms with van der Waals surface area (Å²) in [5.41, 5.74) is 3.77. The molecule has 6 heteroatoms. The van der Waals surface area contributed by atoms with Crippen LogP contribution in [0, 0.1) is 0 Å². The summed E-state index contributed by atoms with van der Waals surface area (Å²) in [6.07, 6.45) is 4.29. The first-order valence-electron chi connectivity index (χ1n) is 10.9. The van der Waals surface area contributed by atoms with Crippen molar-refractivity contribution >= 4 is 28.4 Å². The van der Waals surface area contributed by atoms with Crippen molar-refractivity contribution in [1.82, 2.24) is 10.3 Å². The molecule has 5 rings (SSSR count). The first kappa shape index (κ1) is 20.4. The average molecular weight is 439 g/mol. The molecule has 0 spiro atoms. The summed E-state index contributed by atoms with van der Waals surface area (Å²) < 4.78 is 10.9. The van der Waals surface area contributed by atoms with Gasteiger partial charge in [-0.3, -0.25) is 4.79 Å². The highest BCUT2D eigenvalue weighted by atomic mass is 35.5. The number of benzene rings is 2. The molecular formula is C25H27ClN2O3. The zero-order valence-corrected chi connectivity index (χ0v) is 18.4. The minimum Gasteiger partial charge on any atom is -0.497 e. The summed E-state index contributed by atoms with van der Waals surface area (Å²) in [5.74, 6) is 0.863. The Balaban J connectivity index is 1.48. The van der Waals surface area contributed by atoms with E-state index in [1.165, 1.54) is 5.56 Å². The predicted octanol–water partition coefficient (Wildman–Crippen LogP) is 5.07. The van der Waals surface area contributed by atoms with Gasteiger partial charge < -0.3 is 19.8 Å². The Morgan fingerprint density at radius 2 is 1.97 bits per heavy atom. The van der Waals surface area contributed by atoms with Crippen LogP contribution in [-0.2, 0) is 21.4 Å². The lowest BCUT2D eigenvalue weighted by atomic mass is 9.73. The minimum atomic E-state index is -0.591. The van der Waals surface area contributed by atoms with Crippen LogP contribution in [0.1, 0.15) is 48.5 Å². The molecular weight excluding hydrogens is 412 g/mol. The molecule has 2 aromatic carbocycles. The fourth-order valence-corrected chi connectivity index (χ4v) is 5.39. The molecule has 1 fully saturated rings. The van der Waals surface area contributed by atoms with E-state index < -0.39 is 5.41 Å². The normalized spacial score (nSPS) is 20.3. The van der Waals surface area contributed by atoms with Gasteiger partial charge in [-0.15, -0.1) is 0 Å². The van der Waals surface area contributed by atoms with E-state index in [0.717, 1.165) is 52.2 Å². The molecule has 1 aromatic heterocycles. The Labute approximate surface area is 187 Å². The summed E-state index contributed by atoms with van der Waals surface area (Å²) in [7, 11) is 1.65. The number of hydrogen-bond donors (Lipinski definition) is 2. The lowest BCUT2D eigenvalue weighted by molar-refractivity contribution is -0.131. The number of carbonyl (C=O) groups is 1. The molecule has 162 valence electrons. The van der Waals surface area contributed by atoms with E-state index in [4.69, 9.17) is 21.1 Å². The molecule has 1 aliphatic heterocycles. The van der Waals surface area contributed by atoms with Gasteiger partial charge in [-0.1, -0.05) is 35.9 Å². The third-order valence-corrected chi connectivity index (χ3v) is 7.24. The van der Waals surface area contributed by atoms with E-state index in [-0.39, 0.29) is 11.9 Å². The number of hydrogen-bond acceptors (Lipinski definition) is 3. The largest absolute Gasteiger partial charge is 0.497 e. The average Bonchev–Trinajstić information content (AvgIpc) is 3.21. The summed E-state index contributed by atoms with van der Waals surface area (Å²) in [4.78, 5) is 17.3. The summed E-state index contributed by atoms with van der Waals surface area (Å²) in [5, 5.41) is 5.28. The smallest absolute Gasteiger partial charge is 0.231 e. The van der Waals surface area contributed by atoms with Crippen LogP contribution in [0.2, 0.25) is 5.02 Å². The zero-order chi connectivity index (χ0) is 21.4. The number of aromatic amines is 1. The Bertz CT molecular complexity index is 1100. The van der Waals surface area contributed by atoms with Gasteiger partial charge in [-0.25, -0.2) is 0 Å². The number of aryl methyl sites for hydroxylation is 1. The molecule has 3 aromatic rings. The number of methoxy groups -OCH3 is 1. The fourth-order valence-electron chi connectivity index (χ4n) is 5.17. The topological polar surface area (TPSA) is 63.3 Å². The van der Waals surface area contributed by atoms with Gasteiger partial charge in [0.15, 0.2) is 0 Å². The van der Waals surface area contributed by atoms with Gasteiger partial charge >= 0.3 is 0 Å². The van der Waals surface area contributed by atoms with Crippen molar-refractivity contribution in [3.8, 4) is 5.75 Å². The predicted molar refractivity (Wildman–Crippen MR) is 122 cm³/mol. The number of carbonyl (C=O) groups excluding carboxylic acids is 1. The first-order valence-corrected chi connectivity index (χ1v) is 11.3. The molecule has 0 saturated carbocycles. The van der Waals surface area contributed by atoms with Gasteiger partial charge in [0.2, 0.25) is 5.91 Å². The van der Waals surface area contributed by atoms with Crippen LogP contribution in [-0.4, -0.2) is 31.2 Å². The second-order valence-corrected chi connectivity index (χ2v) is 8.93. The van der Waals surface area contributed by atoms with Gasteiger partial charge in [-0.05, 0) is 61.4 Å². The van der Waals surface area contributed by atoms with Crippen LogP contribution in [0.3, 0.4) is 0 Å². The third-order valence-electron chi connectivity index (χ3n) is 6.92. The van der Waals surface area contributed by atoms with Gasteiger partial charge in [0.1, 0.15) is 5.75 Å². The number of amides is 1. The van der Waals surface area contributed by atoms with E-state index in [2.05, 4.69) is 16.4 Å². The number of rotatable bonds is 4. The molecule has 2 aliphatic rings. The van der Waals surface area contributed by atoms with Crippen molar-refractivity contribution in [2.45, 2.75) is 43.6 Å². The van der Waals surface area contributed by atoms with Crippen molar-refractivity contribution in [2.24, 2.45) is 0 Å². The Morgan fingerprint density at radius 3 is 2.71 bits per heavy atom. The summed E-state index contributed by atoms with van der Waals surface area (Å²) in [6.45, 7) is 1.16. The number of halogens is 1. The number of ether oxygens (including phenoxy) is 2. The van der Waals surface area contributed by atoms with Crippen molar-refractivity contribution < 1.29 is 14.3 Å². The van der Waals surface area contributed by atoms with Crippen molar-refractivity contribution in [1.29, 1.82) is 0 Å². The molecule has 0 bridgehead atoms. The van der Waals surface area contributed by atoms with E-state index in [0.29, 0.717) is 26.1 Å². The quantitative estimate of drug-likeness (QED) is 0.597. The van der Waals surface area contributed by atoms with Gasteiger partial charge in [0.25, 0.3) is 0 Å². The zero-order valence-electron chi connectivity index (χ0n) is 17.7. The molecule has 1 atom stereocenters. The van der Waals surface area contributed by atoms with E-state index in [9.17, 15) is 4.79 Å². The van der Waals surface area contributed by atoms with Crippen LogP contribution in [0.4, 0.5) is 0 Å². The number of H-pyrrole nitrogens is 1. The second-order valence-electron chi connectivity index (χ2n) is 8.52. The Morgan fingerprint density at radius 1 is 1.19 bits per heavy atom. The number of para-hydroxylation sites is 1. The Hall–Kier alpha value is -2.50. The van der Waals surface area contributed by atoms with Crippen LogP contribution >= 0.6 is 11.6 Å². The monoisotopic (exact) mass is 438 g/mol. The highest BCUT2D eigenvalue weighted by molar-refractivity contribution is 6.35. The molecule has 1 amide bonds. The molecule has 1 saturated heterocycles. The van der Waals surface area contributed by atoms with E-state index in [1.807, 2.05) is 36.4 Å². The molecule has 1 aliphatic carbocycles. The second kappa shape index (κ2) is 8.21. The molecule has 1 unspecified atom stereocenters. The minimum absolute atomic E-state index is 0.0438. The molecule has 0 radical (unpaired) electrons. The third kappa shape index (κ3) is 3.50. The van der Waals surface area contributed by atoms with Crippen molar-refractivity contribution in [3.05, 3.63) is 64.3 Å². The molecule has 2 N–H and O–H groups in total. The standard InChI is InChI=1S/C25H27ClN2O3/c1-30-17-10-8-16(9-11-17)25(12-14-31-15-13-25)24(29)27-21-7-3-5-19-18-4-2-6-20(26)22(18)28-23(19)21/h2,4,6,8-11,21,28H,3,5,7,12-15H2,1H3,(H,27,29). The fraction of sp³-hybridized carbons (Fsp3) is 0.400. The Kier molecular flexibility index (Phi) is 5.40. The number of fused-ring (bicyclic) bond motifs is 3. The summed E-state index contributed by atoms with van der Waals surface area (Å²) in [6, 6.07) is 13.8. The molecule has 2 heterocycles. The van der Waals surface area contributed by atoms with E-state index in [1.54, 1.807) is 7.11 Å². The number of nitrogens with one attached hydrogen (secondary N) is 2. The highest BCUT2D eigenvalue weighted by Gasteiger charge is 2.43. The van der Waals surface area contributed by atoms with Gasteiger partial charge in [-0.2, -0.15) is 0 Å². The maximum Gasteiger partial charge on any atom is 0.231 e. The highest BCUT2D eigenvalue weighted by Crippen LogP contribution is 2.40. The van der Waals surface area contributed by atoms with E-state index >= 15 is 0 Å². The van der Waals surface area contributed by atoms with Crippen molar-refractivity contribution in [2.75, 3.05) is 20.3 Å². The summed E-state index contributed by atoms with van der Waals surface area (Å²) >= 11 is 6.44. The van der Waals surface area contributed by atoms with Gasteiger partial charge in [0, 0.05) is 24.3 Å². The lowest BCUT2D eigenvalue weighted by Gasteiger charge is -2.38. The van der Waals surface area contributed by atoms with Crippen LogP contribution in [0.5, 0.6) is 5.75 Å². The van der Waals surface area contributed by atoms with Crippen LogP contribution in [0.25, 0.3) is 10.9 Å². The lowest BCUT2D eigenvalue weighted by Crippen LogP contribution is -2.49. The molecule has 5 nitrogen and oxygen atoms in total. The van der Waals surface area contributed by atoms with Crippen molar-refractivity contribution in [3.63, 3.8) is 0 Å². The van der Waals surface area contributed by atoms with Crippen LogP contribution in [0.15, 0.2) is 42.5 Å². The van der Waals surface area contributed by atoms with Crippen LogP contribution < -0.4 is 10.1 Å². The maximum atomic E-state index is 13.8. The maximum absolute atomic E-state index is 13.8. The van der Waals surface area contributed by atoms with Gasteiger partial charge in [0.05, 0.1) is 29.1 Å². The SMILES string of the molecule is COc1ccc(C2(C(=O)NC3CCCc4c3[nH]c3c(Cl)cccc43)CCOCC2)cc1. The molecule has 31 heavy (non-hydrogen) atoms. The first-order chi connectivity index (χ1) is 15.1. The number of aromatic nitrogens is 1.